The molecular weight excluding hydrogens is 274 g/mol. The van der Waals surface area contributed by atoms with Crippen LogP contribution in [-0.4, -0.2) is 6.29 Å². The fourth-order valence-electron chi connectivity index (χ4n) is 1.56. The van der Waals surface area contributed by atoms with Crippen LogP contribution in [0.2, 0.25) is 5.02 Å². The molecule has 0 aliphatic rings. The van der Waals surface area contributed by atoms with E-state index in [0.29, 0.717) is 11.8 Å². The van der Waals surface area contributed by atoms with E-state index >= 15 is 0 Å². The van der Waals surface area contributed by atoms with E-state index < -0.39 is 11.6 Å². The van der Waals surface area contributed by atoms with Gasteiger partial charge in [0.15, 0.2) is 17.9 Å². The molecule has 2 nitrogen and oxygen atoms in total. The molecule has 0 aliphatic carbocycles. The maximum absolute atomic E-state index is 13.5. The molecular formula is C14H9ClF2O2. The summed E-state index contributed by atoms with van der Waals surface area (Å²) in [4.78, 5) is 10.8. The normalized spacial score (nSPS) is 10.3. The monoisotopic (exact) mass is 282 g/mol. The Kier molecular flexibility index (Phi) is 4.12. The van der Waals surface area contributed by atoms with Crippen molar-refractivity contribution in [3.63, 3.8) is 0 Å². The van der Waals surface area contributed by atoms with Crippen LogP contribution in [0.5, 0.6) is 5.75 Å². The van der Waals surface area contributed by atoms with Crippen molar-refractivity contribution < 1.29 is 18.3 Å². The molecule has 2 aromatic rings. The van der Waals surface area contributed by atoms with Gasteiger partial charge in [0.1, 0.15) is 12.4 Å². The smallest absolute Gasteiger partial charge is 0.165 e. The van der Waals surface area contributed by atoms with Crippen molar-refractivity contribution in [1.82, 2.24) is 0 Å². The highest BCUT2D eigenvalue weighted by atomic mass is 35.5. The van der Waals surface area contributed by atoms with E-state index in [1.807, 2.05) is 0 Å². The van der Waals surface area contributed by atoms with Crippen LogP contribution in [-0.2, 0) is 6.61 Å². The van der Waals surface area contributed by atoms with Crippen molar-refractivity contribution in [2.75, 3.05) is 0 Å². The van der Waals surface area contributed by atoms with Crippen molar-refractivity contribution >= 4 is 17.9 Å². The molecule has 2 aromatic carbocycles. The highest BCUT2D eigenvalue weighted by Crippen LogP contribution is 2.23. The number of rotatable bonds is 4. The molecule has 98 valence electrons. The van der Waals surface area contributed by atoms with E-state index in [1.54, 1.807) is 0 Å². The first-order chi connectivity index (χ1) is 9.11. The minimum atomic E-state index is -0.627. The summed E-state index contributed by atoms with van der Waals surface area (Å²) in [7, 11) is 0. The third kappa shape index (κ3) is 3.09. The Hall–Kier alpha value is -1.94. The SMILES string of the molecule is O=Cc1cccc(F)c1OCc1ccc(F)c(Cl)c1. The van der Waals surface area contributed by atoms with E-state index in [0.717, 1.165) is 0 Å². The Balaban J connectivity index is 2.18. The third-order valence-electron chi connectivity index (χ3n) is 2.49. The Morgan fingerprint density at radius 3 is 2.63 bits per heavy atom. The van der Waals surface area contributed by atoms with Gasteiger partial charge >= 0.3 is 0 Å². The Labute approximate surface area is 113 Å². The molecule has 0 unspecified atom stereocenters. The fourth-order valence-corrected chi connectivity index (χ4v) is 1.76. The van der Waals surface area contributed by atoms with Gasteiger partial charge in [0.2, 0.25) is 0 Å². The maximum atomic E-state index is 13.5. The highest BCUT2D eigenvalue weighted by Gasteiger charge is 2.10. The number of halogens is 3. The Morgan fingerprint density at radius 1 is 1.16 bits per heavy atom. The molecule has 0 spiro atoms. The van der Waals surface area contributed by atoms with Crippen LogP contribution < -0.4 is 4.74 Å². The molecule has 0 bridgehead atoms. The van der Waals surface area contributed by atoms with Gasteiger partial charge in [-0.05, 0) is 29.8 Å². The van der Waals surface area contributed by atoms with E-state index in [4.69, 9.17) is 16.3 Å². The lowest BCUT2D eigenvalue weighted by Crippen LogP contribution is -2.01. The lowest BCUT2D eigenvalue weighted by molar-refractivity contribution is 0.111. The molecule has 0 aromatic heterocycles. The zero-order chi connectivity index (χ0) is 13.8. The molecule has 19 heavy (non-hydrogen) atoms. The predicted octanol–water partition coefficient (Wildman–Crippen LogP) is 4.01. The average molecular weight is 283 g/mol. The number of carbonyl (C=O) groups excluding carboxylic acids is 1. The van der Waals surface area contributed by atoms with Crippen LogP contribution in [0.3, 0.4) is 0 Å². The lowest BCUT2D eigenvalue weighted by atomic mass is 10.2. The summed E-state index contributed by atoms with van der Waals surface area (Å²) in [6.45, 7) is -0.0121. The van der Waals surface area contributed by atoms with Crippen LogP contribution in [0.15, 0.2) is 36.4 Å². The van der Waals surface area contributed by atoms with Crippen LogP contribution in [0.4, 0.5) is 8.78 Å². The fraction of sp³-hybridized carbons (Fsp3) is 0.0714. The second kappa shape index (κ2) is 5.80. The van der Waals surface area contributed by atoms with Gasteiger partial charge in [-0.1, -0.05) is 23.7 Å². The van der Waals surface area contributed by atoms with Crippen molar-refractivity contribution in [3.8, 4) is 5.75 Å². The number of hydrogen-bond acceptors (Lipinski definition) is 2. The van der Waals surface area contributed by atoms with E-state index in [2.05, 4.69) is 0 Å². The van der Waals surface area contributed by atoms with Gasteiger partial charge in [-0.15, -0.1) is 0 Å². The first-order valence-electron chi connectivity index (χ1n) is 5.42. The summed E-state index contributed by atoms with van der Waals surface area (Å²) in [5.41, 5.74) is 0.694. The van der Waals surface area contributed by atoms with Crippen molar-refractivity contribution in [2.45, 2.75) is 6.61 Å². The zero-order valence-corrected chi connectivity index (χ0v) is 10.5. The number of hydrogen-bond donors (Lipinski definition) is 0. The average Bonchev–Trinajstić information content (AvgIpc) is 2.41. The summed E-state index contributed by atoms with van der Waals surface area (Å²) in [5, 5.41) is -0.0368. The molecule has 2 rings (SSSR count). The molecule has 0 radical (unpaired) electrons. The molecule has 0 amide bonds. The summed E-state index contributed by atoms with van der Waals surface area (Å²) in [6, 6.07) is 8.12. The van der Waals surface area contributed by atoms with Crippen molar-refractivity contribution in [2.24, 2.45) is 0 Å². The molecule has 0 saturated heterocycles. The van der Waals surface area contributed by atoms with E-state index in [-0.39, 0.29) is 22.9 Å². The van der Waals surface area contributed by atoms with Gasteiger partial charge in [0, 0.05) is 0 Å². The first kappa shape index (κ1) is 13.5. The van der Waals surface area contributed by atoms with Crippen molar-refractivity contribution in [1.29, 1.82) is 0 Å². The van der Waals surface area contributed by atoms with Gasteiger partial charge in [0.25, 0.3) is 0 Å². The molecule has 5 heteroatoms. The Bertz CT molecular complexity index is 614. The van der Waals surface area contributed by atoms with Crippen LogP contribution in [0.25, 0.3) is 0 Å². The first-order valence-corrected chi connectivity index (χ1v) is 5.80. The largest absolute Gasteiger partial charge is 0.485 e. The third-order valence-corrected chi connectivity index (χ3v) is 2.78. The second-order valence-corrected chi connectivity index (χ2v) is 4.22. The van der Waals surface area contributed by atoms with Gasteiger partial charge in [-0.25, -0.2) is 8.78 Å². The summed E-state index contributed by atoms with van der Waals surface area (Å²) in [5.74, 6) is -1.29. The van der Waals surface area contributed by atoms with Gasteiger partial charge in [0.05, 0.1) is 10.6 Å². The number of aldehydes is 1. The van der Waals surface area contributed by atoms with Gasteiger partial charge in [-0.2, -0.15) is 0 Å². The molecule has 0 heterocycles. The van der Waals surface area contributed by atoms with Crippen molar-refractivity contribution in [3.05, 3.63) is 64.2 Å². The number of ether oxygens (including phenoxy) is 1. The lowest BCUT2D eigenvalue weighted by Gasteiger charge is -2.09. The maximum Gasteiger partial charge on any atom is 0.165 e. The summed E-state index contributed by atoms with van der Waals surface area (Å²) < 4.78 is 31.7. The summed E-state index contributed by atoms with van der Waals surface area (Å²) >= 11 is 5.62. The van der Waals surface area contributed by atoms with Crippen LogP contribution in [0, 0.1) is 11.6 Å². The van der Waals surface area contributed by atoms with Crippen LogP contribution >= 0.6 is 11.6 Å². The van der Waals surface area contributed by atoms with E-state index in [9.17, 15) is 13.6 Å². The molecule has 0 atom stereocenters. The quantitative estimate of drug-likeness (QED) is 0.792. The number of benzene rings is 2. The predicted molar refractivity (Wildman–Crippen MR) is 67.5 cm³/mol. The molecule has 0 fully saturated rings. The standard InChI is InChI=1S/C14H9ClF2O2/c15-11-6-9(4-5-12(11)16)8-19-14-10(7-18)2-1-3-13(14)17/h1-7H,8H2. The minimum absolute atomic E-state index is 0.0121. The van der Waals surface area contributed by atoms with Gasteiger partial charge < -0.3 is 4.74 Å². The molecule has 0 aliphatic heterocycles. The van der Waals surface area contributed by atoms with Gasteiger partial charge in [-0.3, -0.25) is 4.79 Å². The Morgan fingerprint density at radius 2 is 1.95 bits per heavy atom. The highest BCUT2D eigenvalue weighted by molar-refractivity contribution is 6.30. The minimum Gasteiger partial charge on any atom is -0.485 e. The van der Waals surface area contributed by atoms with E-state index in [1.165, 1.54) is 36.4 Å². The molecule has 0 saturated carbocycles. The zero-order valence-electron chi connectivity index (χ0n) is 9.70. The summed E-state index contributed by atoms with van der Waals surface area (Å²) in [6.07, 6.45) is 0.510. The second-order valence-electron chi connectivity index (χ2n) is 3.81. The topological polar surface area (TPSA) is 26.3 Å². The number of para-hydroxylation sites is 1. The number of carbonyl (C=O) groups is 1. The molecule has 0 N–H and O–H groups in total. The van der Waals surface area contributed by atoms with Crippen LogP contribution in [0.1, 0.15) is 15.9 Å².